The van der Waals surface area contributed by atoms with E-state index in [0.717, 1.165) is 4.90 Å². The Morgan fingerprint density at radius 1 is 1.40 bits per heavy atom. The monoisotopic (exact) mass is 511 g/mol. The Balaban J connectivity index is 1.95. The van der Waals surface area contributed by atoms with Crippen molar-refractivity contribution in [2.75, 3.05) is 19.5 Å². The molecule has 35 heavy (non-hydrogen) atoms. The lowest BCUT2D eigenvalue weighted by atomic mass is 10.0. The number of fused-ring (bicyclic) bond motifs is 1. The highest BCUT2D eigenvalue weighted by Gasteiger charge is 2.65. The molecule has 4 N–H and O–H groups in total. The van der Waals surface area contributed by atoms with Crippen molar-refractivity contribution in [1.29, 1.82) is 0 Å². The number of carbonyl (C=O) groups excluding carboxylic acids is 4. The number of hydrogen-bond acceptors (Lipinski definition) is 10. The number of oxime groups is 1. The van der Waals surface area contributed by atoms with Gasteiger partial charge in [-0.1, -0.05) is 5.16 Å². The molecule has 0 aromatic carbocycles. The lowest BCUT2D eigenvalue weighted by Crippen LogP contribution is -2.76. The number of furan rings is 1. The van der Waals surface area contributed by atoms with Crippen molar-refractivity contribution in [1.82, 2.24) is 10.2 Å². The third-order valence-corrected chi connectivity index (χ3v) is 7.79. The third kappa shape index (κ3) is 5.24. The number of amides is 3. The summed E-state index contributed by atoms with van der Waals surface area (Å²) in [5.41, 5.74) is 3.74. The first kappa shape index (κ1) is 25.6. The molecular formula is C20H23N4O10S+. The Kier molecular flexibility index (Phi) is 7.68. The van der Waals surface area contributed by atoms with E-state index in [1.54, 1.807) is 6.92 Å². The number of aliphatic carboxylic acids is 1. The zero-order valence-electron chi connectivity index (χ0n) is 18.9. The Bertz CT molecular complexity index is 1100. The Labute approximate surface area is 201 Å². The Hall–Kier alpha value is -4.01. The highest BCUT2D eigenvalue weighted by atomic mass is 32.2. The fourth-order valence-electron chi connectivity index (χ4n) is 3.71. The predicted octanol–water partition coefficient (Wildman–Crippen LogP) is -0.742. The molecule has 3 unspecified atom stereocenters. The summed E-state index contributed by atoms with van der Waals surface area (Å²) in [7, 11) is 0.226. The minimum atomic E-state index is -1.43. The molecule has 1 aromatic heterocycles. The van der Waals surface area contributed by atoms with Crippen LogP contribution < -0.4 is 11.1 Å². The first-order chi connectivity index (χ1) is 16.6. The number of hydrogen-bond donors (Lipinski definition) is 3. The number of esters is 1. The molecule has 14 nitrogen and oxygen atoms in total. The van der Waals surface area contributed by atoms with Crippen molar-refractivity contribution in [3.05, 3.63) is 35.4 Å². The van der Waals surface area contributed by atoms with Crippen LogP contribution in [0.5, 0.6) is 0 Å². The molecule has 0 bridgehead atoms. The fourth-order valence-corrected chi connectivity index (χ4v) is 6.41. The third-order valence-electron chi connectivity index (χ3n) is 5.06. The first-order valence-electron chi connectivity index (χ1n) is 10.1. The number of rotatable bonds is 9. The summed E-state index contributed by atoms with van der Waals surface area (Å²) < 4.78 is 15.3. The lowest BCUT2D eigenvalue weighted by molar-refractivity contribution is -0.150. The SMILES string of the molecule is CO/N=C(\C(=O)NC1C(=O)N2C(C(=O)O)=C(COC(N)=O)C[S+](C(C)OC(C)=O)[C@H]12)c1ccco1. The average molecular weight is 511 g/mol. The molecule has 15 heteroatoms. The van der Waals surface area contributed by atoms with Gasteiger partial charge in [0.05, 0.1) is 17.2 Å². The maximum Gasteiger partial charge on any atom is 0.404 e. The summed E-state index contributed by atoms with van der Waals surface area (Å²) in [6.07, 6.45) is 0.198. The molecule has 4 atom stereocenters. The van der Waals surface area contributed by atoms with Gasteiger partial charge in [-0.2, -0.15) is 0 Å². The van der Waals surface area contributed by atoms with Gasteiger partial charge in [0.2, 0.25) is 11.1 Å². The topological polar surface area (TPSA) is 200 Å². The smallest absolute Gasteiger partial charge is 0.404 e. The number of nitrogens with zero attached hydrogens (tertiary/aromatic N) is 2. The summed E-state index contributed by atoms with van der Waals surface area (Å²) >= 11 is 0. The van der Waals surface area contributed by atoms with Crippen LogP contribution in [0, 0.1) is 0 Å². The van der Waals surface area contributed by atoms with E-state index in [-0.39, 0.29) is 28.5 Å². The van der Waals surface area contributed by atoms with Gasteiger partial charge in [0.25, 0.3) is 17.3 Å². The van der Waals surface area contributed by atoms with Gasteiger partial charge in [0, 0.05) is 19.4 Å². The van der Waals surface area contributed by atoms with Crippen molar-refractivity contribution < 1.29 is 47.8 Å². The molecule has 0 saturated carbocycles. The predicted molar refractivity (Wildman–Crippen MR) is 118 cm³/mol. The van der Waals surface area contributed by atoms with Gasteiger partial charge in [0.15, 0.2) is 11.8 Å². The van der Waals surface area contributed by atoms with Crippen molar-refractivity contribution >= 4 is 46.5 Å². The van der Waals surface area contributed by atoms with Crippen LogP contribution >= 0.6 is 0 Å². The van der Waals surface area contributed by atoms with Crippen LogP contribution in [0.1, 0.15) is 19.6 Å². The number of nitrogens with one attached hydrogen (secondary N) is 1. The minimum absolute atomic E-state index is 0.0153. The summed E-state index contributed by atoms with van der Waals surface area (Å²) in [6.45, 7) is 2.33. The van der Waals surface area contributed by atoms with E-state index < -0.39 is 64.2 Å². The Morgan fingerprint density at radius 3 is 2.66 bits per heavy atom. The van der Waals surface area contributed by atoms with E-state index in [0.29, 0.717) is 0 Å². The van der Waals surface area contributed by atoms with Gasteiger partial charge in [-0.15, -0.1) is 0 Å². The number of ether oxygens (including phenoxy) is 2. The molecule has 3 heterocycles. The maximum atomic E-state index is 13.1. The Morgan fingerprint density at radius 2 is 2.11 bits per heavy atom. The molecular weight excluding hydrogens is 488 g/mol. The van der Waals surface area contributed by atoms with Gasteiger partial charge < -0.3 is 34.9 Å². The number of carboxylic acid groups (broad SMARTS) is 1. The van der Waals surface area contributed by atoms with Crippen molar-refractivity contribution in [3.63, 3.8) is 0 Å². The van der Waals surface area contributed by atoms with E-state index in [2.05, 4.69) is 10.5 Å². The van der Waals surface area contributed by atoms with Crippen molar-refractivity contribution in [2.45, 2.75) is 30.7 Å². The van der Waals surface area contributed by atoms with Crippen LogP contribution in [0.2, 0.25) is 0 Å². The lowest BCUT2D eigenvalue weighted by Gasteiger charge is -2.48. The first-order valence-corrected chi connectivity index (χ1v) is 11.6. The van der Waals surface area contributed by atoms with Gasteiger partial charge in [-0.3, -0.25) is 19.3 Å². The van der Waals surface area contributed by atoms with Crippen molar-refractivity contribution in [2.24, 2.45) is 10.9 Å². The van der Waals surface area contributed by atoms with E-state index in [1.807, 2.05) is 0 Å². The van der Waals surface area contributed by atoms with Crippen LogP contribution in [-0.2, 0) is 44.4 Å². The number of β-lactam (4-membered cyclic amide) rings is 1. The second-order valence-electron chi connectivity index (χ2n) is 7.31. The van der Waals surface area contributed by atoms with Crippen LogP contribution in [0.25, 0.3) is 0 Å². The molecule has 3 rings (SSSR count). The van der Waals surface area contributed by atoms with Gasteiger partial charge >= 0.3 is 18.0 Å². The molecule has 1 fully saturated rings. The van der Waals surface area contributed by atoms with E-state index in [1.165, 1.54) is 32.4 Å². The summed E-state index contributed by atoms with van der Waals surface area (Å²) in [4.78, 5) is 66.4. The highest BCUT2D eigenvalue weighted by molar-refractivity contribution is 7.98. The fraction of sp³-hybridized carbons (Fsp3) is 0.400. The van der Waals surface area contributed by atoms with Gasteiger partial charge in [0.1, 0.15) is 25.2 Å². The maximum absolute atomic E-state index is 13.1. The molecule has 1 aromatic rings. The largest absolute Gasteiger partial charge is 0.477 e. The van der Waals surface area contributed by atoms with Crippen LogP contribution in [0.3, 0.4) is 0 Å². The second kappa shape index (κ2) is 10.5. The van der Waals surface area contributed by atoms with Crippen LogP contribution in [0.15, 0.2) is 39.2 Å². The number of carboxylic acids is 1. The quantitative estimate of drug-likeness (QED) is 0.125. The molecule has 3 amide bonds. The molecule has 2 aliphatic rings. The minimum Gasteiger partial charge on any atom is -0.477 e. The standard InChI is InChI=1S/C20H22N4O10S/c1-9(25)34-10(2)35-8-11(7-33-20(21)30)15(19(28)29)24-17(27)14(18(24)35)22-16(26)13(23-31-3)12-5-4-6-32-12/h4-6,10,14,18H,7-8H2,1-3H3,(H3-,21,22,26,28,29,30)/p+1/b23-13-/t10?,14?,18-,35?/m1/s1. The number of primary amides is 1. The van der Waals surface area contributed by atoms with Gasteiger partial charge in [-0.05, 0) is 12.1 Å². The van der Waals surface area contributed by atoms with Crippen molar-refractivity contribution in [3.8, 4) is 0 Å². The number of carbonyl (C=O) groups is 5. The summed E-state index contributed by atoms with van der Waals surface area (Å²) in [5.74, 6) is -3.44. The van der Waals surface area contributed by atoms with E-state index in [4.69, 9.17) is 24.5 Å². The highest BCUT2D eigenvalue weighted by Crippen LogP contribution is 2.40. The molecule has 0 spiro atoms. The van der Waals surface area contributed by atoms with E-state index in [9.17, 15) is 29.1 Å². The molecule has 0 radical (unpaired) electrons. The normalized spacial score (nSPS) is 22.5. The zero-order valence-corrected chi connectivity index (χ0v) is 19.7. The molecule has 0 aliphatic carbocycles. The average Bonchev–Trinajstić information content (AvgIpc) is 3.32. The van der Waals surface area contributed by atoms with Gasteiger partial charge in [-0.25, -0.2) is 9.59 Å². The van der Waals surface area contributed by atoms with Crippen LogP contribution in [0.4, 0.5) is 4.79 Å². The molecule has 2 aliphatic heterocycles. The molecule has 1 saturated heterocycles. The number of nitrogens with two attached hydrogens (primary N) is 1. The molecule has 188 valence electrons. The summed E-state index contributed by atoms with van der Waals surface area (Å²) in [6, 6.07) is 1.84. The summed E-state index contributed by atoms with van der Waals surface area (Å²) in [5, 5.41) is 15.1. The second-order valence-corrected chi connectivity index (χ2v) is 9.68. The van der Waals surface area contributed by atoms with Crippen LogP contribution in [-0.4, -0.2) is 81.9 Å². The van der Waals surface area contributed by atoms with E-state index >= 15 is 0 Å². The zero-order chi connectivity index (χ0) is 25.9.